The van der Waals surface area contributed by atoms with E-state index < -0.39 is 0 Å². The Morgan fingerprint density at radius 3 is 2.72 bits per heavy atom. The number of alkyl halides is 1. The first kappa shape index (κ1) is 13.4. The lowest BCUT2D eigenvalue weighted by Crippen LogP contribution is -2.05. The number of hydrogen-bond donors (Lipinski definition) is 0. The second-order valence-electron chi connectivity index (χ2n) is 3.76. The first-order valence-corrected chi connectivity index (χ1v) is 7.11. The molecule has 4 nitrogen and oxygen atoms in total. The number of nitrogens with zero attached hydrogens (tertiary/aromatic N) is 3. The maximum absolute atomic E-state index is 5.79. The molecule has 0 N–H and O–H groups in total. The highest BCUT2D eigenvalue weighted by atomic mass is 79.9. The molecule has 2 aromatic rings. The van der Waals surface area contributed by atoms with Crippen molar-refractivity contribution >= 4 is 27.5 Å². The highest BCUT2D eigenvalue weighted by Gasteiger charge is 1.99. The minimum absolute atomic E-state index is 0.644. The summed E-state index contributed by atoms with van der Waals surface area (Å²) in [6.45, 7) is 1.44. The topological polar surface area (TPSA) is 39.9 Å². The van der Waals surface area contributed by atoms with Crippen molar-refractivity contribution in [3.63, 3.8) is 0 Å². The summed E-state index contributed by atoms with van der Waals surface area (Å²) in [5.41, 5.74) is 0.939. The van der Waals surface area contributed by atoms with Gasteiger partial charge in [0, 0.05) is 29.5 Å². The van der Waals surface area contributed by atoms with E-state index >= 15 is 0 Å². The third-order valence-electron chi connectivity index (χ3n) is 2.34. The van der Waals surface area contributed by atoms with E-state index in [0.717, 1.165) is 29.7 Å². The molecule has 0 fully saturated rings. The molecular formula is C12H13BrClN3O. The number of aryl methyl sites for hydroxylation is 1. The van der Waals surface area contributed by atoms with Crippen LogP contribution in [0.1, 0.15) is 12.1 Å². The van der Waals surface area contributed by atoms with Crippen LogP contribution in [-0.4, -0.2) is 21.6 Å². The summed E-state index contributed by atoms with van der Waals surface area (Å²) in [7, 11) is 0. The monoisotopic (exact) mass is 329 g/mol. The Kier molecular flexibility index (Phi) is 5.01. The molecule has 0 saturated carbocycles. The molecule has 6 heteroatoms. The van der Waals surface area contributed by atoms with E-state index in [9.17, 15) is 0 Å². The predicted octanol–water partition coefficient (Wildman–Crippen LogP) is 3.30. The van der Waals surface area contributed by atoms with Gasteiger partial charge in [0.15, 0.2) is 0 Å². The fourth-order valence-electron chi connectivity index (χ4n) is 1.46. The molecule has 0 amide bonds. The van der Waals surface area contributed by atoms with Crippen molar-refractivity contribution in [3.8, 4) is 5.75 Å². The van der Waals surface area contributed by atoms with Gasteiger partial charge in [0.25, 0.3) is 0 Å². The zero-order chi connectivity index (χ0) is 12.8. The molecule has 96 valence electrons. The molecule has 0 spiro atoms. The van der Waals surface area contributed by atoms with Crippen molar-refractivity contribution < 1.29 is 4.74 Å². The van der Waals surface area contributed by atoms with Gasteiger partial charge in [-0.05, 0) is 24.3 Å². The molecule has 1 aromatic carbocycles. The average molecular weight is 331 g/mol. The van der Waals surface area contributed by atoms with Gasteiger partial charge >= 0.3 is 0 Å². The van der Waals surface area contributed by atoms with Crippen LogP contribution in [0.3, 0.4) is 0 Å². The summed E-state index contributed by atoms with van der Waals surface area (Å²) < 4.78 is 7.41. The van der Waals surface area contributed by atoms with Gasteiger partial charge in [0.2, 0.25) is 0 Å². The van der Waals surface area contributed by atoms with Gasteiger partial charge in [-0.2, -0.15) is 0 Å². The molecule has 0 atom stereocenters. The van der Waals surface area contributed by atoms with E-state index in [4.69, 9.17) is 16.3 Å². The van der Waals surface area contributed by atoms with E-state index in [0.29, 0.717) is 11.6 Å². The number of rotatable bonds is 6. The smallest absolute Gasteiger partial charge is 0.119 e. The normalized spacial score (nSPS) is 10.6. The van der Waals surface area contributed by atoms with Gasteiger partial charge in [-0.3, -0.25) is 4.68 Å². The summed E-state index contributed by atoms with van der Waals surface area (Å²) >= 11 is 9.13. The van der Waals surface area contributed by atoms with Crippen LogP contribution in [0.2, 0.25) is 5.02 Å². The fourth-order valence-corrected chi connectivity index (χ4v) is 1.84. The molecule has 1 heterocycles. The molecule has 0 aliphatic carbocycles. The Balaban J connectivity index is 1.71. The van der Waals surface area contributed by atoms with Crippen LogP contribution in [0.15, 0.2) is 30.5 Å². The quantitative estimate of drug-likeness (QED) is 0.603. The molecule has 1 aromatic heterocycles. The lowest BCUT2D eigenvalue weighted by molar-refractivity contribution is 0.298. The van der Waals surface area contributed by atoms with Gasteiger partial charge in [-0.25, -0.2) is 0 Å². The van der Waals surface area contributed by atoms with Crippen molar-refractivity contribution in [2.75, 3.05) is 6.61 Å². The van der Waals surface area contributed by atoms with Gasteiger partial charge in [0.05, 0.1) is 12.3 Å². The molecule has 0 unspecified atom stereocenters. The van der Waals surface area contributed by atoms with E-state index in [-0.39, 0.29) is 0 Å². The van der Waals surface area contributed by atoms with Crippen LogP contribution in [0, 0.1) is 0 Å². The Bertz CT molecular complexity index is 486. The molecule has 18 heavy (non-hydrogen) atoms. The molecule has 0 aliphatic rings. The van der Waals surface area contributed by atoms with Crippen molar-refractivity contribution in [2.45, 2.75) is 18.3 Å². The molecule has 0 saturated heterocycles. The van der Waals surface area contributed by atoms with Crippen molar-refractivity contribution in [1.82, 2.24) is 15.0 Å². The summed E-state index contributed by atoms with van der Waals surface area (Å²) in [6.07, 6.45) is 2.81. The second kappa shape index (κ2) is 6.75. The van der Waals surface area contributed by atoms with E-state index in [1.807, 2.05) is 35.1 Å². The zero-order valence-electron chi connectivity index (χ0n) is 9.72. The summed E-state index contributed by atoms with van der Waals surface area (Å²) in [6, 6.07) is 7.36. The van der Waals surface area contributed by atoms with Crippen LogP contribution in [0.25, 0.3) is 0 Å². The highest BCUT2D eigenvalue weighted by molar-refractivity contribution is 9.08. The average Bonchev–Trinajstić information content (AvgIpc) is 2.85. The Hall–Kier alpha value is -1.07. The standard InChI is InChI=1S/C12H13BrClN3O/c13-8-11-9-17(16-15-11)6-1-7-18-12-4-2-10(14)3-5-12/h2-5,9H,1,6-8H2. The minimum atomic E-state index is 0.644. The summed E-state index contributed by atoms with van der Waals surface area (Å²) in [5.74, 6) is 0.833. The molecule has 0 aliphatic heterocycles. The van der Waals surface area contributed by atoms with Crippen molar-refractivity contribution in [1.29, 1.82) is 0 Å². The largest absolute Gasteiger partial charge is 0.494 e. The summed E-state index contributed by atoms with van der Waals surface area (Å²) in [5, 5.41) is 9.44. The van der Waals surface area contributed by atoms with Gasteiger partial charge < -0.3 is 4.74 Å². The predicted molar refractivity (Wildman–Crippen MR) is 74.2 cm³/mol. The molecule has 0 bridgehead atoms. The Labute approximate surface area is 119 Å². The van der Waals surface area contributed by atoms with Crippen LogP contribution in [0.5, 0.6) is 5.75 Å². The first-order chi connectivity index (χ1) is 8.78. The maximum Gasteiger partial charge on any atom is 0.119 e. The van der Waals surface area contributed by atoms with E-state index in [2.05, 4.69) is 26.2 Å². The Morgan fingerprint density at radius 2 is 2.06 bits per heavy atom. The number of benzene rings is 1. The SMILES string of the molecule is Clc1ccc(OCCCn2cc(CBr)nn2)cc1. The van der Waals surface area contributed by atoms with Crippen molar-refractivity contribution in [2.24, 2.45) is 0 Å². The molecule has 0 radical (unpaired) electrons. The van der Waals surface area contributed by atoms with Gasteiger partial charge in [-0.1, -0.05) is 32.7 Å². The number of ether oxygens (including phenoxy) is 1. The molecule has 2 rings (SSSR count). The third-order valence-corrected chi connectivity index (χ3v) is 3.16. The fraction of sp³-hybridized carbons (Fsp3) is 0.333. The van der Waals surface area contributed by atoms with Crippen LogP contribution in [0.4, 0.5) is 0 Å². The van der Waals surface area contributed by atoms with E-state index in [1.54, 1.807) is 0 Å². The minimum Gasteiger partial charge on any atom is -0.494 e. The van der Waals surface area contributed by atoms with Crippen LogP contribution >= 0.6 is 27.5 Å². The third kappa shape index (κ3) is 3.99. The number of hydrogen-bond acceptors (Lipinski definition) is 3. The van der Waals surface area contributed by atoms with E-state index in [1.165, 1.54) is 0 Å². The van der Waals surface area contributed by atoms with Gasteiger partial charge in [-0.15, -0.1) is 5.10 Å². The van der Waals surface area contributed by atoms with Gasteiger partial charge in [0.1, 0.15) is 5.75 Å². The lowest BCUT2D eigenvalue weighted by atomic mass is 10.3. The number of aromatic nitrogens is 3. The number of halogens is 2. The maximum atomic E-state index is 5.79. The lowest BCUT2D eigenvalue weighted by Gasteiger charge is -2.05. The first-order valence-electron chi connectivity index (χ1n) is 5.61. The summed E-state index contributed by atoms with van der Waals surface area (Å²) in [4.78, 5) is 0. The second-order valence-corrected chi connectivity index (χ2v) is 4.76. The Morgan fingerprint density at radius 1 is 1.28 bits per heavy atom. The molecular weight excluding hydrogens is 318 g/mol. The zero-order valence-corrected chi connectivity index (χ0v) is 12.1. The van der Waals surface area contributed by atoms with Crippen molar-refractivity contribution in [3.05, 3.63) is 41.2 Å². The highest BCUT2D eigenvalue weighted by Crippen LogP contribution is 2.15. The van der Waals surface area contributed by atoms with Crippen LogP contribution < -0.4 is 4.74 Å². The van der Waals surface area contributed by atoms with Crippen LogP contribution in [-0.2, 0) is 11.9 Å².